The number of hydrogen-bond donors (Lipinski definition) is 0. The highest BCUT2D eigenvalue weighted by Crippen LogP contribution is 2.34. The topological polar surface area (TPSA) is 151 Å². The van der Waals surface area contributed by atoms with E-state index < -0.39 is 67.0 Å². The van der Waals surface area contributed by atoms with Crippen LogP contribution in [0.2, 0.25) is 0 Å². The number of rotatable bonds is 12. The Balaban J connectivity index is 2.08. The van der Waals surface area contributed by atoms with Crippen LogP contribution in [0.4, 0.5) is 4.39 Å². The molecule has 0 saturated carbocycles. The highest BCUT2D eigenvalue weighted by atomic mass is 19.1. The third-order valence-corrected chi connectivity index (χ3v) is 6.64. The third-order valence-electron chi connectivity index (χ3n) is 6.64. The van der Waals surface area contributed by atoms with Gasteiger partial charge in [-0.2, -0.15) is 0 Å². The molecule has 1 aliphatic rings. The molecule has 0 spiro atoms. The fourth-order valence-electron chi connectivity index (χ4n) is 4.93. The Labute approximate surface area is 261 Å². The van der Waals surface area contributed by atoms with E-state index in [9.17, 15) is 23.6 Å². The van der Waals surface area contributed by atoms with Crippen molar-refractivity contribution in [1.82, 2.24) is 9.78 Å². The van der Waals surface area contributed by atoms with Crippen molar-refractivity contribution in [3.8, 4) is 11.6 Å². The van der Waals surface area contributed by atoms with Gasteiger partial charge >= 0.3 is 23.9 Å². The molecule has 1 saturated heterocycles. The first kappa shape index (κ1) is 35.3. The van der Waals surface area contributed by atoms with Crippen LogP contribution in [0.3, 0.4) is 0 Å². The second-order valence-electron chi connectivity index (χ2n) is 11.2. The maximum absolute atomic E-state index is 14.9. The van der Waals surface area contributed by atoms with Gasteiger partial charge in [0.1, 0.15) is 12.7 Å². The molecule has 3 rings (SSSR count). The molecule has 248 valence electrons. The van der Waals surface area contributed by atoms with Gasteiger partial charge in [0.2, 0.25) is 18.3 Å². The second kappa shape index (κ2) is 15.2. The lowest BCUT2D eigenvalue weighted by Gasteiger charge is -2.43. The van der Waals surface area contributed by atoms with Crippen molar-refractivity contribution in [3.05, 3.63) is 40.8 Å². The molecule has 0 unspecified atom stereocenters. The molecule has 1 fully saturated rings. The summed E-state index contributed by atoms with van der Waals surface area (Å²) in [6.45, 7) is 13.4. The Bertz CT molecular complexity index is 1390. The first-order chi connectivity index (χ1) is 21.1. The number of halogens is 1. The second-order valence-corrected chi connectivity index (χ2v) is 11.2. The van der Waals surface area contributed by atoms with E-state index in [2.05, 4.69) is 5.10 Å². The summed E-state index contributed by atoms with van der Waals surface area (Å²) in [4.78, 5) is 48.1. The number of ether oxygens (including phenoxy) is 7. The fraction of sp³-hybridized carbons (Fsp3) is 0.581. The van der Waals surface area contributed by atoms with Gasteiger partial charge in [-0.05, 0) is 52.3 Å². The molecule has 1 aliphatic heterocycles. The minimum absolute atomic E-state index is 0.0741. The predicted octanol–water partition coefficient (Wildman–Crippen LogP) is 3.75. The number of carbonyl (C=O) groups is 4. The van der Waals surface area contributed by atoms with Crippen LogP contribution in [-0.2, 0) is 49.3 Å². The molecule has 45 heavy (non-hydrogen) atoms. The fourth-order valence-corrected chi connectivity index (χ4v) is 4.93. The van der Waals surface area contributed by atoms with Gasteiger partial charge in [-0.3, -0.25) is 23.9 Å². The number of nitrogens with zero attached hydrogens (tertiary/aromatic N) is 2. The van der Waals surface area contributed by atoms with Crippen molar-refractivity contribution in [2.45, 2.75) is 112 Å². The largest absolute Gasteiger partial charge is 0.488 e. The minimum Gasteiger partial charge on any atom is -0.488 e. The van der Waals surface area contributed by atoms with Crippen molar-refractivity contribution >= 4 is 23.9 Å². The van der Waals surface area contributed by atoms with Crippen LogP contribution < -0.4 is 9.47 Å². The van der Waals surface area contributed by atoms with Gasteiger partial charge in [0.25, 0.3) is 0 Å². The summed E-state index contributed by atoms with van der Waals surface area (Å²) < 4.78 is 56.0. The SMILES string of the molecule is CC(=O)OC[C@H]1O[C@@H](Oc2nn(C(C)C)c(C)c2Cc2ccc(OC(C)C)c(F)c2)[C@H](OC(C)=O)[C@@H](OC(C)=O)[C@@H]1OC(C)=O. The lowest BCUT2D eigenvalue weighted by atomic mass is 9.98. The molecule has 14 heteroatoms. The smallest absolute Gasteiger partial charge is 0.303 e. The Morgan fingerprint density at radius 1 is 0.911 bits per heavy atom. The van der Waals surface area contributed by atoms with E-state index in [4.69, 9.17) is 33.2 Å². The zero-order valence-corrected chi connectivity index (χ0v) is 27.0. The van der Waals surface area contributed by atoms with Crippen LogP contribution in [0.15, 0.2) is 18.2 Å². The van der Waals surface area contributed by atoms with Crippen LogP contribution in [0.25, 0.3) is 0 Å². The van der Waals surface area contributed by atoms with Crippen molar-refractivity contribution < 1.29 is 56.7 Å². The molecule has 2 aromatic rings. The molecule has 1 aromatic heterocycles. The van der Waals surface area contributed by atoms with Crippen LogP contribution in [0.1, 0.15) is 78.3 Å². The van der Waals surface area contributed by atoms with E-state index >= 15 is 0 Å². The zero-order chi connectivity index (χ0) is 33.6. The number of aromatic nitrogens is 2. The van der Waals surface area contributed by atoms with Gasteiger partial charge < -0.3 is 33.2 Å². The Morgan fingerprint density at radius 3 is 2.04 bits per heavy atom. The predicted molar refractivity (Wildman–Crippen MR) is 155 cm³/mol. The minimum atomic E-state index is -1.47. The van der Waals surface area contributed by atoms with Crippen molar-refractivity contribution in [1.29, 1.82) is 0 Å². The summed E-state index contributed by atoms with van der Waals surface area (Å²) in [5.41, 5.74) is 1.89. The molecule has 0 radical (unpaired) electrons. The monoisotopic (exact) mass is 636 g/mol. The molecular weight excluding hydrogens is 595 g/mol. The summed E-state index contributed by atoms with van der Waals surface area (Å²) in [5.74, 6) is -3.26. The molecule has 5 atom stereocenters. The van der Waals surface area contributed by atoms with Gasteiger partial charge in [-0.1, -0.05) is 6.07 Å². The van der Waals surface area contributed by atoms with Crippen LogP contribution in [-0.4, -0.2) is 77.1 Å². The van der Waals surface area contributed by atoms with Gasteiger partial charge in [-0.15, -0.1) is 5.10 Å². The summed E-state index contributed by atoms with van der Waals surface area (Å²) in [6.07, 6.45) is -6.87. The molecular formula is C31H41FN2O11. The van der Waals surface area contributed by atoms with Crippen molar-refractivity contribution in [3.63, 3.8) is 0 Å². The summed E-state index contributed by atoms with van der Waals surface area (Å²) in [6, 6.07) is 4.54. The summed E-state index contributed by atoms with van der Waals surface area (Å²) in [5, 5.41) is 4.62. The lowest BCUT2D eigenvalue weighted by molar-refractivity contribution is -0.289. The number of hydrogen-bond acceptors (Lipinski definition) is 12. The maximum Gasteiger partial charge on any atom is 0.303 e. The van der Waals surface area contributed by atoms with E-state index in [-0.39, 0.29) is 30.2 Å². The summed E-state index contributed by atoms with van der Waals surface area (Å²) >= 11 is 0. The third kappa shape index (κ3) is 9.40. The number of benzene rings is 1. The molecule has 0 amide bonds. The molecule has 1 aromatic carbocycles. The van der Waals surface area contributed by atoms with E-state index in [0.717, 1.165) is 20.8 Å². The van der Waals surface area contributed by atoms with Gasteiger partial charge in [0, 0.05) is 51.4 Å². The lowest BCUT2D eigenvalue weighted by Crippen LogP contribution is -2.63. The summed E-state index contributed by atoms with van der Waals surface area (Å²) in [7, 11) is 0. The van der Waals surface area contributed by atoms with E-state index in [1.165, 1.54) is 13.0 Å². The molecule has 0 bridgehead atoms. The average Bonchev–Trinajstić information content (AvgIpc) is 3.21. The quantitative estimate of drug-likeness (QED) is 0.247. The molecule has 13 nitrogen and oxygen atoms in total. The molecule has 0 aliphatic carbocycles. The van der Waals surface area contributed by atoms with Crippen LogP contribution >= 0.6 is 0 Å². The molecule has 0 N–H and O–H groups in total. The first-order valence-electron chi connectivity index (χ1n) is 14.6. The zero-order valence-electron chi connectivity index (χ0n) is 27.0. The Hall–Kier alpha value is -4.20. The van der Waals surface area contributed by atoms with Gasteiger partial charge in [0.15, 0.2) is 23.8 Å². The Kier molecular flexibility index (Phi) is 11.9. The standard InChI is InChI=1S/C31H41FN2O11/c1-15(2)34-17(5)23(12-22-10-11-25(24(32)13-22)40-16(3)4)30(33-34)45-31-29(43-21(9)38)28(42-20(8)37)27(41-19(7)36)26(44-31)14-39-18(6)35/h10-11,13,15-16,26-29,31H,12,14H2,1-9H3/t26-,27-,28+,29-,31+/m1/s1. The van der Waals surface area contributed by atoms with Gasteiger partial charge in [-0.25, -0.2) is 4.39 Å². The van der Waals surface area contributed by atoms with E-state index in [0.29, 0.717) is 16.8 Å². The number of esters is 4. The average molecular weight is 637 g/mol. The highest BCUT2D eigenvalue weighted by Gasteiger charge is 2.53. The van der Waals surface area contributed by atoms with E-state index in [1.807, 2.05) is 20.8 Å². The van der Waals surface area contributed by atoms with Crippen molar-refractivity contribution in [2.75, 3.05) is 6.61 Å². The maximum atomic E-state index is 14.9. The van der Waals surface area contributed by atoms with Crippen LogP contribution in [0, 0.1) is 12.7 Å². The van der Waals surface area contributed by atoms with Crippen molar-refractivity contribution in [2.24, 2.45) is 0 Å². The normalized spacial score (nSPS) is 21.3. The number of carbonyl (C=O) groups excluding carboxylic acids is 4. The van der Waals surface area contributed by atoms with Gasteiger partial charge in [0.05, 0.1) is 6.10 Å². The first-order valence-corrected chi connectivity index (χ1v) is 14.6. The van der Waals surface area contributed by atoms with E-state index in [1.54, 1.807) is 30.7 Å². The Morgan fingerprint density at radius 2 is 1.51 bits per heavy atom. The van der Waals surface area contributed by atoms with Crippen LogP contribution in [0.5, 0.6) is 11.6 Å². The highest BCUT2D eigenvalue weighted by molar-refractivity contribution is 5.68. The molecule has 2 heterocycles.